The van der Waals surface area contributed by atoms with Gasteiger partial charge in [-0.25, -0.2) is 0 Å². The van der Waals surface area contributed by atoms with Gasteiger partial charge in [0.1, 0.15) is 0 Å². The molecular weight excluding hydrogens is 200 g/mol. The molecule has 2 fully saturated rings. The smallest absolute Gasteiger partial charge is 0.222 e. The van der Waals surface area contributed by atoms with Gasteiger partial charge in [0.2, 0.25) is 5.91 Å². The van der Waals surface area contributed by atoms with Crippen LogP contribution in [-0.4, -0.2) is 37.0 Å². The number of hydrogen-bond donors (Lipinski definition) is 1. The molecule has 3 nitrogen and oxygen atoms in total. The number of carbonyl (C=O) groups is 1. The van der Waals surface area contributed by atoms with Crippen LogP contribution in [0.4, 0.5) is 0 Å². The fourth-order valence-electron chi connectivity index (χ4n) is 2.77. The highest BCUT2D eigenvalue weighted by molar-refractivity contribution is 5.76. The number of nitrogens with one attached hydrogen (secondary N) is 1. The molecule has 0 aromatic carbocycles. The minimum atomic E-state index is 0.397. The van der Waals surface area contributed by atoms with E-state index in [1.165, 1.54) is 32.1 Å². The van der Waals surface area contributed by atoms with Crippen molar-refractivity contribution in [2.45, 2.75) is 44.9 Å². The molecule has 2 rings (SSSR count). The van der Waals surface area contributed by atoms with Crippen LogP contribution < -0.4 is 5.32 Å². The lowest BCUT2D eigenvalue weighted by atomic mass is 10.0. The zero-order chi connectivity index (χ0) is 11.2. The first kappa shape index (κ1) is 11.9. The van der Waals surface area contributed by atoms with Crippen LogP contribution in [0.15, 0.2) is 0 Å². The number of rotatable bonds is 3. The summed E-state index contributed by atoms with van der Waals surface area (Å²) >= 11 is 0. The van der Waals surface area contributed by atoms with E-state index in [0.29, 0.717) is 5.91 Å². The second kappa shape index (κ2) is 6.24. The fourth-order valence-corrected chi connectivity index (χ4v) is 2.77. The van der Waals surface area contributed by atoms with Gasteiger partial charge < -0.3 is 10.2 Å². The van der Waals surface area contributed by atoms with Crippen molar-refractivity contribution in [3.05, 3.63) is 0 Å². The van der Waals surface area contributed by atoms with Gasteiger partial charge in [-0.05, 0) is 44.7 Å². The van der Waals surface area contributed by atoms with E-state index in [-0.39, 0.29) is 0 Å². The topological polar surface area (TPSA) is 32.3 Å². The quantitative estimate of drug-likeness (QED) is 0.792. The molecule has 0 radical (unpaired) electrons. The van der Waals surface area contributed by atoms with Crippen molar-refractivity contribution in [3.8, 4) is 0 Å². The second-order valence-electron chi connectivity index (χ2n) is 5.19. The van der Waals surface area contributed by atoms with E-state index in [2.05, 4.69) is 10.2 Å². The Morgan fingerprint density at radius 1 is 1.19 bits per heavy atom. The van der Waals surface area contributed by atoms with Gasteiger partial charge in [0.15, 0.2) is 0 Å². The first-order chi connectivity index (χ1) is 7.86. The molecule has 1 amide bonds. The zero-order valence-corrected chi connectivity index (χ0v) is 10.2. The molecule has 1 N–H and O–H groups in total. The molecule has 0 aromatic heterocycles. The van der Waals surface area contributed by atoms with Crippen LogP contribution in [0, 0.1) is 5.92 Å². The maximum Gasteiger partial charge on any atom is 0.222 e. The van der Waals surface area contributed by atoms with Crippen LogP contribution in [0.3, 0.4) is 0 Å². The van der Waals surface area contributed by atoms with Crippen molar-refractivity contribution < 1.29 is 4.79 Å². The molecule has 0 aliphatic carbocycles. The van der Waals surface area contributed by atoms with E-state index < -0.39 is 0 Å². The van der Waals surface area contributed by atoms with Crippen LogP contribution in [0.5, 0.6) is 0 Å². The number of nitrogens with zero attached hydrogens (tertiary/aromatic N) is 1. The van der Waals surface area contributed by atoms with Crippen LogP contribution in [-0.2, 0) is 4.79 Å². The molecule has 0 aromatic rings. The van der Waals surface area contributed by atoms with E-state index in [1.807, 2.05) is 0 Å². The average Bonchev–Trinajstić information content (AvgIpc) is 2.66. The third-order valence-electron chi connectivity index (χ3n) is 3.89. The second-order valence-corrected chi connectivity index (χ2v) is 5.19. The minimum absolute atomic E-state index is 0.397. The standard InChI is InChI=1S/C13H24N2O/c16-13(6-5-12-7-8-14-11-12)15-9-3-1-2-4-10-15/h12,14H,1-11H2. The predicted molar refractivity (Wildman–Crippen MR) is 65.3 cm³/mol. The summed E-state index contributed by atoms with van der Waals surface area (Å²) < 4.78 is 0. The van der Waals surface area contributed by atoms with Crippen molar-refractivity contribution in [1.82, 2.24) is 10.2 Å². The van der Waals surface area contributed by atoms with Crippen molar-refractivity contribution in [2.24, 2.45) is 5.92 Å². The lowest BCUT2D eigenvalue weighted by Crippen LogP contribution is -2.32. The molecule has 1 atom stereocenters. The van der Waals surface area contributed by atoms with Crippen LogP contribution in [0.25, 0.3) is 0 Å². The Labute approximate surface area is 98.6 Å². The fraction of sp³-hybridized carbons (Fsp3) is 0.923. The molecule has 92 valence electrons. The Hall–Kier alpha value is -0.570. The number of amides is 1. The van der Waals surface area contributed by atoms with Gasteiger partial charge in [-0.15, -0.1) is 0 Å². The van der Waals surface area contributed by atoms with Gasteiger partial charge in [0.25, 0.3) is 0 Å². The van der Waals surface area contributed by atoms with Crippen LogP contribution in [0.2, 0.25) is 0 Å². The lowest BCUT2D eigenvalue weighted by molar-refractivity contribution is -0.131. The Morgan fingerprint density at radius 2 is 1.94 bits per heavy atom. The molecule has 2 aliphatic heterocycles. The lowest BCUT2D eigenvalue weighted by Gasteiger charge is -2.21. The average molecular weight is 224 g/mol. The highest BCUT2D eigenvalue weighted by atomic mass is 16.2. The van der Waals surface area contributed by atoms with Crippen LogP contribution in [0.1, 0.15) is 44.9 Å². The normalized spacial score (nSPS) is 26.8. The zero-order valence-electron chi connectivity index (χ0n) is 10.2. The summed E-state index contributed by atoms with van der Waals surface area (Å²) in [6.45, 7) is 4.26. The largest absolute Gasteiger partial charge is 0.343 e. The number of carbonyl (C=O) groups excluding carboxylic acids is 1. The maximum absolute atomic E-state index is 12.0. The van der Waals surface area contributed by atoms with Gasteiger partial charge in [0.05, 0.1) is 0 Å². The van der Waals surface area contributed by atoms with Crippen LogP contribution >= 0.6 is 0 Å². The molecule has 3 heteroatoms. The molecule has 16 heavy (non-hydrogen) atoms. The molecule has 2 saturated heterocycles. The summed E-state index contributed by atoms with van der Waals surface area (Å²) in [6, 6.07) is 0. The van der Waals surface area contributed by atoms with Gasteiger partial charge in [-0.1, -0.05) is 12.8 Å². The van der Waals surface area contributed by atoms with Crippen molar-refractivity contribution in [2.75, 3.05) is 26.2 Å². The monoisotopic (exact) mass is 224 g/mol. The molecule has 0 saturated carbocycles. The van der Waals surface area contributed by atoms with Crippen molar-refractivity contribution in [3.63, 3.8) is 0 Å². The number of likely N-dealkylation sites (tertiary alicyclic amines) is 1. The van der Waals surface area contributed by atoms with Gasteiger partial charge in [-0.2, -0.15) is 0 Å². The van der Waals surface area contributed by atoms with E-state index in [1.54, 1.807) is 0 Å². The van der Waals surface area contributed by atoms with Gasteiger partial charge >= 0.3 is 0 Å². The highest BCUT2D eigenvalue weighted by Crippen LogP contribution is 2.17. The predicted octanol–water partition coefficient (Wildman–Crippen LogP) is 1.78. The Kier molecular flexibility index (Phi) is 4.64. The summed E-state index contributed by atoms with van der Waals surface area (Å²) in [6.07, 6.45) is 8.13. The Bertz CT molecular complexity index is 216. The summed E-state index contributed by atoms with van der Waals surface area (Å²) in [5.74, 6) is 1.14. The SMILES string of the molecule is O=C(CCC1CCNC1)N1CCCCCC1. The highest BCUT2D eigenvalue weighted by Gasteiger charge is 2.19. The van der Waals surface area contributed by atoms with Crippen molar-refractivity contribution in [1.29, 1.82) is 0 Å². The Morgan fingerprint density at radius 3 is 2.56 bits per heavy atom. The molecular formula is C13H24N2O. The summed E-state index contributed by atoms with van der Waals surface area (Å²) in [5, 5.41) is 3.36. The Balaban J connectivity index is 1.69. The first-order valence-electron chi connectivity index (χ1n) is 6.85. The molecule has 2 heterocycles. The number of hydrogen-bond acceptors (Lipinski definition) is 2. The molecule has 1 unspecified atom stereocenters. The maximum atomic E-state index is 12.0. The first-order valence-corrected chi connectivity index (χ1v) is 6.85. The molecule has 0 spiro atoms. The van der Waals surface area contributed by atoms with E-state index in [9.17, 15) is 4.79 Å². The van der Waals surface area contributed by atoms with Gasteiger partial charge in [0, 0.05) is 19.5 Å². The van der Waals surface area contributed by atoms with E-state index in [4.69, 9.17) is 0 Å². The van der Waals surface area contributed by atoms with E-state index in [0.717, 1.165) is 44.9 Å². The summed E-state index contributed by atoms with van der Waals surface area (Å²) in [4.78, 5) is 14.1. The third kappa shape index (κ3) is 3.48. The summed E-state index contributed by atoms with van der Waals surface area (Å²) in [5.41, 5.74) is 0. The van der Waals surface area contributed by atoms with Crippen molar-refractivity contribution >= 4 is 5.91 Å². The molecule has 2 aliphatic rings. The third-order valence-corrected chi connectivity index (χ3v) is 3.89. The minimum Gasteiger partial charge on any atom is -0.343 e. The molecule has 0 bridgehead atoms. The van der Waals surface area contributed by atoms with E-state index >= 15 is 0 Å². The summed E-state index contributed by atoms with van der Waals surface area (Å²) in [7, 11) is 0. The van der Waals surface area contributed by atoms with Gasteiger partial charge in [-0.3, -0.25) is 4.79 Å².